The minimum absolute atomic E-state index is 0.0189. The molecule has 0 aromatic rings. The molecule has 2 aliphatic rings. The summed E-state index contributed by atoms with van der Waals surface area (Å²) >= 11 is 4.44. The fourth-order valence-corrected chi connectivity index (χ4v) is 6.50. The molecular weight excluding hydrogens is 664 g/mol. The van der Waals surface area contributed by atoms with Gasteiger partial charge in [-0.25, -0.2) is 0 Å². The van der Waals surface area contributed by atoms with Gasteiger partial charge in [-0.15, -0.1) is 22.4 Å². The highest BCUT2D eigenvalue weighted by Gasteiger charge is 2.42. The van der Waals surface area contributed by atoms with E-state index in [-0.39, 0.29) is 39.4 Å². The van der Waals surface area contributed by atoms with E-state index in [1.807, 2.05) is 7.57 Å². The molecule has 0 aromatic carbocycles. The number of rotatable bonds is 14. The van der Waals surface area contributed by atoms with Gasteiger partial charge in [-0.3, -0.25) is 29.0 Å². The second-order valence-corrected chi connectivity index (χ2v) is 17.3. The summed E-state index contributed by atoms with van der Waals surface area (Å²) in [6.07, 6.45) is 0.666. The molecule has 15 heteroatoms. The normalized spacial score (nSPS) is 22.7. The molecule has 2 heterocycles. The van der Waals surface area contributed by atoms with Gasteiger partial charge < -0.3 is 16.0 Å². The Bertz CT molecular complexity index is 626. The van der Waals surface area contributed by atoms with Gasteiger partial charge in [-0.1, -0.05) is 27.5 Å². The van der Waals surface area contributed by atoms with Crippen LogP contribution in [0.2, 0.25) is 5.82 Å². The van der Waals surface area contributed by atoms with Gasteiger partial charge in [0.1, 0.15) is 7.57 Å². The number of imide groups is 2. The molecule has 0 aromatic heterocycles. The second-order valence-electron chi connectivity index (χ2n) is 7.52. The summed E-state index contributed by atoms with van der Waals surface area (Å²) in [5.41, 5.74) is -0.572. The maximum absolute atomic E-state index is 12.2. The zero-order valence-corrected chi connectivity index (χ0v) is 24.0. The Hall–Kier alpha value is 0.610. The molecule has 2 saturated heterocycles. The number of nitrogens with one attached hydrogen (secondary N) is 3. The Labute approximate surface area is 214 Å². The largest absolute Gasteiger partial charge is 0.314 e. The first-order valence-electron chi connectivity index (χ1n) is 10.3. The number of likely N-dealkylation sites (tertiary alicyclic amines) is 2. The Balaban J connectivity index is 1.45. The van der Waals surface area contributed by atoms with E-state index in [4.69, 9.17) is 0 Å². The van der Waals surface area contributed by atoms with Crippen molar-refractivity contribution in [1.82, 2.24) is 25.8 Å². The zero-order chi connectivity index (χ0) is 23.0. The van der Waals surface area contributed by atoms with Crippen LogP contribution in [0.25, 0.3) is 0 Å². The van der Waals surface area contributed by atoms with Crippen LogP contribution in [0.4, 0.5) is 0 Å². The van der Waals surface area contributed by atoms with E-state index in [0.717, 1.165) is 26.2 Å². The highest BCUT2D eigenvalue weighted by atomic mass is 127. The molecule has 0 bridgehead atoms. The molecule has 0 aliphatic carbocycles. The van der Waals surface area contributed by atoms with Crippen molar-refractivity contribution in [2.45, 2.75) is 24.3 Å². The van der Waals surface area contributed by atoms with Crippen LogP contribution in [0.1, 0.15) is 12.8 Å². The predicted octanol–water partition coefficient (Wildman–Crippen LogP) is -0.810. The average Bonchev–Trinajstić information content (AvgIpc) is 3.16. The van der Waals surface area contributed by atoms with E-state index in [1.165, 1.54) is 9.80 Å². The maximum atomic E-state index is 12.2. The first-order valence-corrected chi connectivity index (χ1v) is 16.9. The van der Waals surface area contributed by atoms with Crippen LogP contribution in [-0.2, 0) is 19.2 Å². The maximum Gasteiger partial charge on any atom is 0.252 e. The number of amides is 4. The smallest absolute Gasteiger partial charge is 0.252 e. The van der Waals surface area contributed by atoms with Crippen LogP contribution in [0.5, 0.6) is 0 Å². The lowest BCUT2D eigenvalue weighted by Crippen LogP contribution is -2.40. The first-order chi connectivity index (χ1) is 14.7. The van der Waals surface area contributed by atoms with Crippen molar-refractivity contribution in [3.8, 4) is 0 Å². The molecule has 0 radical (unpaired) electrons. The molecule has 0 spiro atoms. The van der Waals surface area contributed by atoms with Gasteiger partial charge in [0, 0.05) is 71.0 Å². The SMILES string of the molecule is BP(I)C1CC(=O)N(CCNCCNCCNCCN2C(=O)CC(B(P)I)C2=O)C1=O. The molecule has 2 fully saturated rings. The number of hydrogen-bond acceptors (Lipinski definition) is 7. The van der Waals surface area contributed by atoms with Crippen molar-refractivity contribution < 1.29 is 19.2 Å². The summed E-state index contributed by atoms with van der Waals surface area (Å²) in [4.78, 5) is 51.2. The zero-order valence-electron chi connectivity index (χ0n) is 17.6. The molecule has 0 saturated carbocycles. The first kappa shape index (κ1) is 27.9. The molecule has 3 N–H and O–H groups in total. The lowest BCUT2D eigenvalue weighted by atomic mass is 9.84. The van der Waals surface area contributed by atoms with E-state index in [1.54, 1.807) is 0 Å². The third kappa shape index (κ3) is 8.40. The van der Waals surface area contributed by atoms with E-state index >= 15 is 0 Å². The molecular formula is C16H29B2I2N5O4P2. The minimum Gasteiger partial charge on any atom is -0.314 e. The highest BCUT2D eigenvalue weighted by Crippen LogP contribution is 2.49. The molecule has 4 amide bonds. The van der Waals surface area contributed by atoms with Gasteiger partial charge >= 0.3 is 0 Å². The number of carbonyl (C=O) groups excluding carboxylic acids is 4. The quantitative estimate of drug-likeness (QED) is 0.0719. The number of hydrogen-bond donors (Lipinski definition) is 3. The molecule has 2 rings (SSSR count). The summed E-state index contributed by atoms with van der Waals surface area (Å²) in [7, 11) is 4.62. The minimum atomic E-state index is -0.455. The third-order valence-electron chi connectivity index (χ3n) is 5.29. The summed E-state index contributed by atoms with van der Waals surface area (Å²) < 4.78 is 0.0820. The van der Waals surface area contributed by atoms with E-state index in [2.05, 4.69) is 69.5 Å². The summed E-state index contributed by atoms with van der Waals surface area (Å²) in [5, 5.41) is 9.79. The van der Waals surface area contributed by atoms with Crippen LogP contribution in [-0.4, -0.2) is 103 Å². The van der Waals surface area contributed by atoms with E-state index < -0.39 is 5.44 Å². The highest BCUT2D eigenvalue weighted by molar-refractivity contribution is 14.2. The molecule has 4 atom stereocenters. The number of nitrogens with zero attached hydrogens (tertiary/aromatic N) is 2. The fraction of sp³-hybridized carbons (Fsp3) is 0.750. The Morgan fingerprint density at radius 2 is 1.35 bits per heavy atom. The van der Waals surface area contributed by atoms with Crippen molar-refractivity contribution >= 4 is 94.5 Å². The van der Waals surface area contributed by atoms with Crippen molar-refractivity contribution in [1.29, 1.82) is 0 Å². The number of halogens is 2. The second kappa shape index (κ2) is 14.1. The van der Waals surface area contributed by atoms with Gasteiger partial charge in [-0.2, -0.15) is 9.12 Å². The van der Waals surface area contributed by atoms with Crippen LogP contribution in [0.3, 0.4) is 0 Å². The monoisotopic (exact) mass is 693 g/mol. The molecule has 9 nitrogen and oxygen atoms in total. The predicted molar refractivity (Wildman–Crippen MR) is 148 cm³/mol. The van der Waals surface area contributed by atoms with Gasteiger partial charge in [0.05, 0.1) is 5.66 Å². The Morgan fingerprint density at radius 1 is 0.903 bits per heavy atom. The van der Waals surface area contributed by atoms with Gasteiger partial charge in [0.25, 0.3) is 4.29 Å². The summed E-state index contributed by atoms with van der Waals surface area (Å²) in [6.45, 7) is 5.06. The van der Waals surface area contributed by atoms with Gasteiger partial charge in [0.2, 0.25) is 23.6 Å². The van der Waals surface area contributed by atoms with Gasteiger partial charge in [-0.05, 0) is 0 Å². The van der Waals surface area contributed by atoms with E-state index in [0.29, 0.717) is 39.0 Å². The van der Waals surface area contributed by atoms with E-state index in [9.17, 15) is 19.2 Å². The molecule has 4 unspecified atom stereocenters. The Kier molecular flexibility index (Phi) is 12.7. The van der Waals surface area contributed by atoms with Crippen LogP contribution in [0.15, 0.2) is 0 Å². The van der Waals surface area contributed by atoms with Crippen LogP contribution in [0, 0.1) is 0 Å². The number of carbonyl (C=O) groups is 4. The fourth-order valence-electron chi connectivity index (χ4n) is 3.48. The summed E-state index contributed by atoms with van der Waals surface area (Å²) in [6, 6.07) is 0. The molecule has 172 valence electrons. The third-order valence-corrected chi connectivity index (χ3v) is 9.91. The lowest BCUT2D eigenvalue weighted by Gasteiger charge is -2.16. The van der Waals surface area contributed by atoms with Crippen molar-refractivity contribution in [3.63, 3.8) is 0 Å². The van der Waals surface area contributed by atoms with Crippen LogP contribution >= 0.6 is 59.0 Å². The summed E-state index contributed by atoms with van der Waals surface area (Å²) in [5.74, 6) is -0.436. The van der Waals surface area contributed by atoms with Crippen molar-refractivity contribution in [2.24, 2.45) is 0 Å². The van der Waals surface area contributed by atoms with Crippen molar-refractivity contribution in [3.05, 3.63) is 0 Å². The van der Waals surface area contributed by atoms with Crippen LogP contribution < -0.4 is 16.0 Å². The topological polar surface area (TPSA) is 111 Å². The van der Waals surface area contributed by atoms with Gasteiger partial charge in [0.15, 0.2) is 0 Å². The Morgan fingerprint density at radius 3 is 1.77 bits per heavy atom. The molecule has 31 heavy (non-hydrogen) atoms. The van der Waals surface area contributed by atoms with Crippen molar-refractivity contribution in [2.75, 3.05) is 52.4 Å². The lowest BCUT2D eigenvalue weighted by molar-refractivity contribution is -0.139. The average molecular weight is 693 g/mol. The standard InChI is InChI=1S/C16H29B2I2N5O4P2/c17-31(20)12-10-14(27)25(16(12)29)8-6-23-4-2-21-1-3-22-5-7-24-13(26)9-11(15(24)28)18(19)30/h11-12,21-23H,1-10,17,30H2. The molecule has 2 aliphatic heterocycles.